The van der Waals surface area contributed by atoms with E-state index in [0.29, 0.717) is 22.7 Å². The first kappa shape index (κ1) is 17.0. The topological polar surface area (TPSA) is 73.0 Å². The molecule has 4 aromatic rings. The molecule has 0 saturated carbocycles. The number of furan rings is 1. The van der Waals surface area contributed by atoms with Crippen molar-refractivity contribution in [2.24, 2.45) is 7.05 Å². The summed E-state index contributed by atoms with van der Waals surface area (Å²) in [6.45, 7) is 5.85. The van der Waals surface area contributed by atoms with Crippen LogP contribution in [0.3, 0.4) is 0 Å². The minimum atomic E-state index is -0.194. The molecule has 1 aromatic carbocycles. The van der Waals surface area contributed by atoms with E-state index in [-0.39, 0.29) is 5.91 Å². The van der Waals surface area contributed by atoms with Crippen molar-refractivity contribution >= 4 is 22.6 Å². The highest BCUT2D eigenvalue weighted by atomic mass is 16.3. The van der Waals surface area contributed by atoms with Crippen LogP contribution in [0.5, 0.6) is 0 Å². The standard InChI is InChI=1S/C21H20N4O2/c1-12-7-8-13(2)16(10-12)23-21(26)15-11-17(18-6-5-9-27-18)22-20-19(15)14(3)24-25(20)4/h5-11H,1-4H3,(H,23,26). The van der Waals surface area contributed by atoms with Gasteiger partial charge in [0.05, 0.1) is 22.9 Å². The summed E-state index contributed by atoms with van der Waals surface area (Å²) in [6, 6.07) is 11.4. The molecule has 6 heteroatoms. The highest BCUT2D eigenvalue weighted by Gasteiger charge is 2.20. The van der Waals surface area contributed by atoms with Crippen molar-refractivity contribution in [3.63, 3.8) is 0 Å². The van der Waals surface area contributed by atoms with Gasteiger partial charge in [0.2, 0.25) is 0 Å². The molecule has 0 aliphatic heterocycles. The van der Waals surface area contributed by atoms with Crippen molar-refractivity contribution in [1.82, 2.24) is 14.8 Å². The largest absolute Gasteiger partial charge is 0.463 e. The minimum Gasteiger partial charge on any atom is -0.463 e. The molecule has 0 radical (unpaired) electrons. The zero-order chi connectivity index (χ0) is 19.1. The van der Waals surface area contributed by atoms with E-state index in [2.05, 4.69) is 15.4 Å². The molecule has 27 heavy (non-hydrogen) atoms. The average molecular weight is 360 g/mol. The molecule has 0 bridgehead atoms. The molecule has 0 atom stereocenters. The van der Waals surface area contributed by atoms with E-state index in [1.165, 1.54) is 0 Å². The molecule has 0 spiro atoms. The third-order valence-electron chi connectivity index (χ3n) is 4.63. The van der Waals surface area contributed by atoms with Crippen LogP contribution in [0.15, 0.2) is 47.1 Å². The van der Waals surface area contributed by atoms with E-state index >= 15 is 0 Å². The number of carbonyl (C=O) groups excluding carboxylic acids is 1. The Hall–Kier alpha value is -3.41. The first-order chi connectivity index (χ1) is 12.9. The summed E-state index contributed by atoms with van der Waals surface area (Å²) in [6.07, 6.45) is 1.59. The lowest BCUT2D eigenvalue weighted by Gasteiger charge is -2.11. The number of pyridine rings is 1. The number of nitrogens with one attached hydrogen (secondary N) is 1. The molecule has 0 unspecified atom stereocenters. The van der Waals surface area contributed by atoms with E-state index in [1.807, 2.05) is 52.1 Å². The lowest BCUT2D eigenvalue weighted by Crippen LogP contribution is -2.14. The smallest absolute Gasteiger partial charge is 0.256 e. The molecular formula is C21H20N4O2. The van der Waals surface area contributed by atoms with Gasteiger partial charge in [0.1, 0.15) is 5.69 Å². The maximum Gasteiger partial charge on any atom is 0.256 e. The zero-order valence-electron chi connectivity index (χ0n) is 15.7. The Bertz CT molecular complexity index is 1160. The van der Waals surface area contributed by atoms with Crippen molar-refractivity contribution in [2.45, 2.75) is 20.8 Å². The highest BCUT2D eigenvalue weighted by molar-refractivity contribution is 6.13. The number of benzene rings is 1. The number of fused-ring (bicyclic) bond motifs is 1. The number of amides is 1. The van der Waals surface area contributed by atoms with Crippen LogP contribution in [0.1, 0.15) is 27.2 Å². The Kier molecular flexibility index (Phi) is 4.03. The van der Waals surface area contributed by atoms with Gasteiger partial charge in [0.15, 0.2) is 11.4 Å². The van der Waals surface area contributed by atoms with E-state index < -0.39 is 0 Å². The minimum absolute atomic E-state index is 0.194. The van der Waals surface area contributed by atoms with Crippen LogP contribution < -0.4 is 5.32 Å². The second-order valence-corrected chi connectivity index (χ2v) is 6.71. The highest BCUT2D eigenvalue weighted by Crippen LogP contribution is 2.28. The van der Waals surface area contributed by atoms with Gasteiger partial charge in [-0.2, -0.15) is 5.10 Å². The number of anilines is 1. The third-order valence-corrected chi connectivity index (χ3v) is 4.63. The lowest BCUT2D eigenvalue weighted by atomic mass is 10.1. The molecule has 0 aliphatic carbocycles. The Morgan fingerprint density at radius 3 is 2.70 bits per heavy atom. The third kappa shape index (κ3) is 2.99. The van der Waals surface area contributed by atoms with Crippen LogP contribution >= 0.6 is 0 Å². The molecule has 4 rings (SSSR count). The summed E-state index contributed by atoms with van der Waals surface area (Å²) < 4.78 is 7.17. The molecule has 1 amide bonds. The zero-order valence-corrected chi connectivity index (χ0v) is 15.7. The van der Waals surface area contributed by atoms with Gasteiger partial charge in [-0.3, -0.25) is 9.48 Å². The summed E-state index contributed by atoms with van der Waals surface area (Å²) in [4.78, 5) is 17.8. The predicted octanol–water partition coefficient (Wildman–Crippen LogP) is 4.41. The first-order valence-electron chi connectivity index (χ1n) is 8.71. The number of aryl methyl sites for hydroxylation is 4. The number of carbonyl (C=O) groups is 1. The summed E-state index contributed by atoms with van der Waals surface area (Å²) in [7, 11) is 1.82. The van der Waals surface area contributed by atoms with E-state index in [1.54, 1.807) is 23.1 Å². The number of hydrogen-bond acceptors (Lipinski definition) is 4. The Morgan fingerprint density at radius 1 is 1.15 bits per heavy atom. The van der Waals surface area contributed by atoms with Crippen LogP contribution in [-0.2, 0) is 7.05 Å². The second-order valence-electron chi connectivity index (χ2n) is 6.71. The van der Waals surface area contributed by atoms with Gasteiger partial charge < -0.3 is 9.73 Å². The van der Waals surface area contributed by atoms with Gasteiger partial charge in [-0.05, 0) is 56.2 Å². The van der Waals surface area contributed by atoms with E-state index in [9.17, 15) is 4.79 Å². The van der Waals surface area contributed by atoms with Crippen LogP contribution in [0.4, 0.5) is 5.69 Å². The van der Waals surface area contributed by atoms with Gasteiger partial charge >= 0.3 is 0 Å². The van der Waals surface area contributed by atoms with Crippen LogP contribution in [0.25, 0.3) is 22.5 Å². The van der Waals surface area contributed by atoms with Gasteiger partial charge in [0.25, 0.3) is 5.91 Å². The summed E-state index contributed by atoms with van der Waals surface area (Å²) in [5, 5.41) is 8.22. The summed E-state index contributed by atoms with van der Waals surface area (Å²) >= 11 is 0. The molecule has 136 valence electrons. The second kappa shape index (κ2) is 6.39. The number of hydrogen-bond donors (Lipinski definition) is 1. The number of rotatable bonds is 3. The number of aromatic nitrogens is 3. The molecular weight excluding hydrogens is 340 g/mol. The van der Waals surface area contributed by atoms with E-state index in [0.717, 1.165) is 27.9 Å². The maximum atomic E-state index is 13.2. The molecule has 6 nitrogen and oxygen atoms in total. The molecule has 3 heterocycles. The Morgan fingerprint density at radius 2 is 1.96 bits per heavy atom. The van der Waals surface area contributed by atoms with Crippen LogP contribution in [-0.4, -0.2) is 20.7 Å². The fraction of sp³-hybridized carbons (Fsp3) is 0.190. The van der Waals surface area contributed by atoms with Crippen molar-refractivity contribution in [3.05, 3.63) is 65.0 Å². The SMILES string of the molecule is Cc1ccc(C)c(NC(=O)c2cc(-c3ccco3)nc3c2c(C)nn3C)c1. The average Bonchev–Trinajstić information content (AvgIpc) is 3.26. The maximum absolute atomic E-state index is 13.2. The summed E-state index contributed by atoms with van der Waals surface area (Å²) in [5.74, 6) is 0.413. The van der Waals surface area contributed by atoms with E-state index in [4.69, 9.17) is 4.42 Å². The molecule has 0 saturated heterocycles. The van der Waals surface area contributed by atoms with Crippen molar-refractivity contribution in [3.8, 4) is 11.5 Å². The van der Waals surface area contributed by atoms with Gasteiger partial charge in [-0.15, -0.1) is 0 Å². The van der Waals surface area contributed by atoms with Gasteiger partial charge in [0, 0.05) is 12.7 Å². The van der Waals surface area contributed by atoms with Crippen molar-refractivity contribution in [2.75, 3.05) is 5.32 Å². The fourth-order valence-electron chi connectivity index (χ4n) is 3.23. The normalized spacial score (nSPS) is 11.1. The molecule has 1 N–H and O–H groups in total. The van der Waals surface area contributed by atoms with Crippen molar-refractivity contribution in [1.29, 1.82) is 0 Å². The molecule has 3 aromatic heterocycles. The van der Waals surface area contributed by atoms with Gasteiger partial charge in [-0.1, -0.05) is 12.1 Å². The van der Waals surface area contributed by atoms with Gasteiger partial charge in [-0.25, -0.2) is 4.98 Å². The number of nitrogens with zero attached hydrogens (tertiary/aromatic N) is 3. The summed E-state index contributed by atoms with van der Waals surface area (Å²) in [5.41, 5.74) is 5.42. The predicted molar refractivity (Wildman–Crippen MR) is 105 cm³/mol. The van der Waals surface area contributed by atoms with Crippen molar-refractivity contribution < 1.29 is 9.21 Å². The van der Waals surface area contributed by atoms with Crippen LogP contribution in [0, 0.1) is 20.8 Å². The molecule has 0 aliphatic rings. The quantitative estimate of drug-likeness (QED) is 0.587. The Labute approximate surface area is 156 Å². The van der Waals surface area contributed by atoms with Crippen LogP contribution in [0.2, 0.25) is 0 Å². The fourth-order valence-corrected chi connectivity index (χ4v) is 3.23. The monoisotopic (exact) mass is 360 g/mol. The Balaban J connectivity index is 1.86. The lowest BCUT2D eigenvalue weighted by molar-refractivity contribution is 0.102. The first-order valence-corrected chi connectivity index (χ1v) is 8.71. The molecule has 0 fully saturated rings.